The minimum absolute atomic E-state index is 0.0934. The van der Waals surface area contributed by atoms with E-state index < -0.39 is 0 Å². The molecule has 1 unspecified atom stereocenters. The van der Waals surface area contributed by atoms with Crippen molar-refractivity contribution in [2.75, 3.05) is 48.1 Å². The second-order valence-electron chi connectivity index (χ2n) is 10.4. The summed E-state index contributed by atoms with van der Waals surface area (Å²) < 4.78 is 21.4. The number of benzene rings is 2. The van der Waals surface area contributed by atoms with Gasteiger partial charge in [0.2, 0.25) is 5.91 Å². The molecule has 0 N–H and O–H groups in total. The van der Waals surface area contributed by atoms with Crippen molar-refractivity contribution in [1.29, 1.82) is 0 Å². The van der Waals surface area contributed by atoms with Gasteiger partial charge in [-0.2, -0.15) is 5.10 Å². The normalized spacial score (nSPS) is 15.2. The summed E-state index contributed by atoms with van der Waals surface area (Å²) >= 11 is 0. The Hall–Kier alpha value is -3.59. The fourth-order valence-electron chi connectivity index (χ4n) is 4.31. The molecule has 38 heavy (non-hydrogen) atoms. The lowest BCUT2D eigenvalue weighted by atomic mass is 9.91. The summed E-state index contributed by atoms with van der Waals surface area (Å²) in [6.07, 6.45) is 0.824. The van der Waals surface area contributed by atoms with Crippen molar-refractivity contribution >= 4 is 17.5 Å². The lowest BCUT2D eigenvalue weighted by Gasteiger charge is -2.29. The van der Waals surface area contributed by atoms with Crippen molar-refractivity contribution in [2.45, 2.75) is 39.7 Å². The van der Waals surface area contributed by atoms with Crippen molar-refractivity contribution in [3.8, 4) is 17.2 Å². The van der Waals surface area contributed by atoms with Crippen LogP contribution in [0.2, 0.25) is 0 Å². The number of methoxy groups -OCH3 is 4. The van der Waals surface area contributed by atoms with E-state index in [0.717, 1.165) is 22.6 Å². The molecule has 0 saturated carbocycles. The van der Waals surface area contributed by atoms with Crippen molar-refractivity contribution in [1.82, 2.24) is 9.91 Å². The second kappa shape index (κ2) is 12.8. The minimum atomic E-state index is -0.374. The first-order chi connectivity index (χ1) is 18.1. The molecule has 0 spiro atoms. The average Bonchev–Trinajstić information content (AvgIpc) is 3.35. The third kappa shape index (κ3) is 7.25. The van der Waals surface area contributed by atoms with E-state index in [4.69, 9.17) is 24.0 Å². The Labute approximate surface area is 225 Å². The number of rotatable bonds is 11. The van der Waals surface area contributed by atoms with Gasteiger partial charge in [0.25, 0.3) is 5.91 Å². The van der Waals surface area contributed by atoms with Gasteiger partial charge in [0.15, 0.2) is 11.5 Å². The Kier molecular flexibility index (Phi) is 9.74. The number of hydrogen-bond donors (Lipinski definition) is 0. The molecule has 1 aliphatic rings. The zero-order chi connectivity index (χ0) is 27.9. The molecule has 2 amide bonds. The van der Waals surface area contributed by atoms with Gasteiger partial charge in [-0.05, 0) is 52.9 Å². The van der Waals surface area contributed by atoms with E-state index in [9.17, 15) is 9.59 Å². The number of hydrogen-bond acceptors (Lipinski definition) is 7. The van der Waals surface area contributed by atoms with Gasteiger partial charge in [0, 0.05) is 26.5 Å². The molecule has 0 saturated heterocycles. The number of nitrogens with zero attached hydrogens (tertiary/aromatic N) is 3. The van der Waals surface area contributed by atoms with Crippen LogP contribution in [-0.2, 0) is 14.3 Å². The molecule has 2 aromatic rings. The first kappa shape index (κ1) is 29.0. The quantitative estimate of drug-likeness (QED) is 0.435. The van der Waals surface area contributed by atoms with Crippen LogP contribution in [0, 0.1) is 5.41 Å². The zero-order valence-electron chi connectivity index (χ0n) is 23.4. The number of carbonyl (C=O) groups is 2. The molecule has 0 bridgehead atoms. The van der Waals surface area contributed by atoms with Crippen molar-refractivity contribution in [2.24, 2.45) is 10.5 Å². The Morgan fingerprint density at radius 2 is 1.66 bits per heavy atom. The van der Waals surface area contributed by atoms with Crippen molar-refractivity contribution < 1.29 is 28.5 Å². The maximum Gasteiger partial charge on any atom is 0.262 e. The number of amides is 2. The van der Waals surface area contributed by atoms with Gasteiger partial charge >= 0.3 is 0 Å². The molecule has 2 aromatic carbocycles. The summed E-state index contributed by atoms with van der Waals surface area (Å²) in [5.74, 6) is 1.54. The van der Waals surface area contributed by atoms with Crippen LogP contribution >= 0.6 is 0 Å². The Morgan fingerprint density at radius 1 is 0.974 bits per heavy atom. The smallest absolute Gasteiger partial charge is 0.262 e. The van der Waals surface area contributed by atoms with Gasteiger partial charge in [-0.25, -0.2) is 5.01 Å². The second-order valence-corrected chi connectivity index (χ2v) is 10.4. The van der Waals surface area contributed by atoms with Crippen molar-refractivity contribution in [3.05, 3.63) is 53.6 Å². The van der Waals surface area contributed by atoms with Gasteiger partial charge in [0.1, 0.15) is 12.3 Å². The van der Waals surface area contributed by atoms with Gasteiger partial charge in [-0.3, -0.25) is 9.59 Å². The maximum absolute atomic E-state index is 13.7. The zero-order valence-corrected chi connectivity index (χ0v) is 23.4. The van der Waals surface area contributed by atoms with Crippen LogP contribution in [0.25, 0.3) is 0 Å². The molecule has 206 valence electrons. The molecule has 1 heterocycles. The van der Waals surface area contributed by atoms with Crippen LogP contribution in [-0.4, -0.2) is 75.6 Å². The lowest BCUT2D eigenvalue weighted by molar-refractivity contribution is -0.143. The largest absolute Gasteiger partial charge is 0.497 e. The summed E-state index contributed by atoms with van der Waals surface area (Å²) in [5.41, 5.74) is 2.31. The highest BCUT2D eigenvalue weighted by molar-refractivity contribution is 6.03. The molecule has 0 aromatic heterocycles. The first-order valence-electron chi connectivity index (χ1n) is 12.6. The van der Waals surface area contributed by atoms with Crippen LogP contribution in [0.15, 0.2) is 47.6 Å². The third-order valence-electron chi connectivity index (χ3n) is 6.31. The van der Waals surface area contributed by atoms with Crippen molar-refractivity contribution in [3.63, 3.8) is 0 Å². The molecular weight excluding hydrogens is 486 g/mol. The van der Waals surface area contributed by atoms with E-state index in [0.29, 0.717) is 37.5 Å². The summed E-state index contributed by atoms with van der Waals surface area (Å²) in [4.78, 5) is 28.4. The van der Waals surface area contributed by atoms with E-state index in [-0.39, 0.29) is 29.8 Å². The maximum atomic E-state index is 13.7. The van der Waals surface area contributed by atoms with Gasteiger partial charge in [0.05, 0.1) is 39.7 Å². The summed E-state index contributed by atoms with van der Waals surface area (Å²) in [7, 11) is 6.35. The van der Waals surface area contributed by atoms with Crippen LogP contribution in [0.4, 0.5) is 0 Å². The molecular formula is C29H39N3O6. The molecule has 0 aliphatic carbocycles. The van der Waals surface area contributed by atoms with Crippen LogP contribution in [0.3, 0.4) is 0 Å². The molecule has 1 aliphatic heterocycles. The standard InChI is InChI=1S/C29H39N3O6/c1-29(2,3)18-27(33)31(14-15-35-4)19-28(34)32-24(21-10-13-25(37-6)26(16-21)38-7)17-23(30-32)20-8-11-22(36-5)12-9-20/h8-13,16,24H,14-15,17-19H2,1-7H3. The highest BCUT2D eigenvalue weighted by Gasteiger charge is 2.35. The van der Waals surface area contributed by atoms with Crippen LogP contribution in [0.1, 0.15) is 50.8 Å². The predicted molar refractivity (Wildman–Crippen MR) is 146 cm³/mol. The fraction of sp³-hybridized carbons (Fsp3) is 0.483. The Balaban J connectivity index is 1.95. The Morgan fingerprint density at radius 3 is 2.24 bits per heavy atom. The SMILES string of the molecule is COCCN(CC(=O)N1N=C(c2ccc(OC)cc2)CC1c1ccc(OC)c(OC)c1)C(=O)CC(C)(C)C. The number of ether oxygens (including phenoxy) is 4. The summed E-state index contributed by atoms with van der Waals surface area (Å²) in [6.45, 7) is 6.56. The predicted octanol–water partition coefficient (Wildman–Crippen LogP) is 4.30. The summed E-state index contributed by atoms with van der Waals surface area (Å²) in [6, 6.07) is 12.8. The number of carbonyl (C=O) groups excluding carboxylic acids is 2. The molecule has 1 atom stereocenters. The minimum Gasteiger partial charge on any atom is -0.497 e. The van der Waals surface area contributed by atoms with Gasteiger partial charge in [-0.15, -0.1) is 0 Å². The van der Waals surface area contributed by atoms with Gasteiger partial charge in [-0.1, -0.05) is 26.8 Å². The van der Waals surface area contributed by atoms with Gasteiger partial charge < -0.3 is 23.8 Å². The van der Waals surface area contributed by atoms with E-state index in [1.54, 1.807) is 33.3 Å². The lowest BCUT2D eigenvalue weighted by Crippen LogP contribution is -2.43. The molecule has 9 nitrogen and oxygen atoms in total. The monoisotopic (exact) mass is 525 g/mol. The van der Waals surface area contributed by atoms with E-state index >= 15 is 0 Å². The first-order valence-corrected chi connectivity index (χ1v) is 12.6. The van der Waals surface area contributed by atoms with Crippen LogP contribution in [0.5, 0.6) is 17.2 Å². The molecule has 9 heteroatoms. The Bertz CT molecular complexity index is 1140. The van der Waals surface area contributed by atoms with E-state index in [1.165, 1.54) is 5.01 Å². The molecule has 0 radical (unpaired) electrons. The van der Waals surface area contributed by atoms with E-state index in [2.05, 4.69) is 0 Å². The van der Waals surface area contributed by atoms with E-state index in [1.807, 2.05) is 63.2 Å². The summed E-state index contributed by atoms with van der Waals surface area (Å²) in [5, 5.41) is 6.25. The molecule has 3 rings (SSSR count). The number of hydrazone groups is 1. The fourth-order valence-corrected chi connectivity index (χ4v) is 4.31. The highest BCUT2D eigenvalue weighted by Crippen LogP contribution is 2.37. The topological polar surface area (TPSA) is 89.9 Å². The molecule has 0 fully saturated rings. The highest BCUT2D eigenvalue weighted by atomic mass is 16.5. The third-order valence-corrected chi connectivity index (χ3v) is 6.31. The van der Waals surface area contributed by atoms with Crippen LogP contribution < -0.4 is 14.2 Å². The average molecular weight is 526 g/mol.